The Morgan fingerprint density at radius 3 is 2.96 bits per heavy atom. The highest BCUT2D eigenvalue weighted by Gasteiger charge is 2.24. The van der Waals surface area contributed by atoms with Gasteiger partial charge in [0, 0.05) is 25.4 Å². The number of hydrogen-bond acceptors (Lipinski definition) is 4. The van der Waals surface area contributed by atoms with Gasteiger partial charge in [0.15, 0.2) is 5.82 Å². The van der Waals surface area contributed by atoms with Crippen LogP contribution in [0.4, 0.5) is 10.6 Å². The summed E-state index contributed by atoms with van der Waals surface area (Å²) >= 11 is 6.14. The number of benzene rings is 1. The van der Waals surface area contributed by atoms with Crippen LogP contribution in [-0.2, 0) is 0 Å². The molecule has 118 valence electrons. The molecule has 3 rings (SSSR count). The van der Waals surface area contributed by atoms with Crippen LogP contribution in [0.25, 0.3) is 5.69 Å². The van der Waals surface area contributed by atoms with Crippen molar-refractivity contribution in [1.82, 2.24) is 14.7 Å². The number of β-amino-alcohol motifs (C(OH)–C–C–N with tert-alkyl or cyclic N) is 1. The molecule has 0 bridgehead atoms. The lowest BCUT2D eigenvalue weighted by Crippen LogP contribution is -2.33. The summed E-state index contributed by atoms with van der Waals surface area (Å²) in [5, 5.41) is 25.6. The first kappa shape index (κ1) is 15.3. The van der Waals surface area contributed by atoms with E-state index in [9.17, 15) is 9.90 Å². The van der Waals surface area contributed by atoms with Crippen molar-refractivity contribution in [3.8, 4) is 11.8 Å². The van der Waals surface area contributed by atoms with Gasteiger partial charge in [0.2, 0.25) is 0 Å². The summed E-state index contributed by atoms with van der Waals surface area (Å²) < 4.78 is 1.53. The zero-order valence-corrected chi connectivity index (χ0v) is 12.9. The number of carbonyl (C=O) groups is 1. The minimum atomic E-state index is -0.462. The van der Waals surface area contributed by atoms with Crippen molar-refractivity contribution in [1.29, 1.82) is 5.26 Å². The third-order valence-corrected chi connectivity index (χ3v) is 3.90. The number of nitrogens with one attached hydrogen (secondary N) is 1. The number of nitriles is 1. The lowest BCUT2D eigenvalue weighted by molar-refractivity contribution is 0.176. The lowest BCUT2D eigenvalue weighted by Gasteiger charge is -2.15. The molecule has 0 saturated carbocycles. The van der Waals surface area contributed by atoms with Crippen LogP contribution in [0, 0.1) is 11.3 Å². The van der Waals surface area contributed by atoms with E-state index >= 15 is 0 Å². The van der Waals surface area contributed by atoms with Crippen molar-refractivity contribution in [2.24, 2.45) is 0 Å². The molecule has 1 aliphatic rings. The largest absolute Gasteiger partial charge is 0.391 e. The highest BCUT2D eigenvalue weighted by atomic mass is 35.5. The van der Waals surface area contributed by atoms with Gasteiger partial charge in [-0.15, -0.1) is 5.10 Å². The summed E-state index contributed by atoms with van der Waals surface area (Å²) in [6.45, 7) is 0.850. The van der Waals surface area contributed by atoms with Gasteiger partial charge < -0.3 is 10.0 Å². The molecule has 1 fully saturated rings. The SMILES string of the molecule is N#Cc1ccc(-n2ccc(NC(=O)N3CC[C@H](O)C3)n2)c(Cl)c1. The summed E-state index contributed by atoms with van der Waals surface area (Å²) in [5.41, 5.74) is 1.08. The number of urea groups is 1. The quantitative estimate of drug-likeness (QED) is 0.880. The van der Waals surface area contributed by atoms with E-state index in [0.29, 0.717) is 41.6 Å². The molecule has 1 atom stereocenters. The molecule has 2 heterocycles. The summed E-state index contributed by atoms with van der Waals surface area (Å²) in [7, 11) is 0. The Labute approximate surface area is 137 Å². The number of aliphatic hydroxyl groups is 1. The molecule has 2 amide bonds. The molecule has 1 aromatic heterocycles. The van der Waals surface area contributed by atoms with Crippen LogP contribution in [0.2, 0.25) is 5.02 Å². The molecule has 23 heavy (non-hydrogen) atoms. The predicted molar refractivity (Wildman–Crippen MR) is 84.5 cm³/mol. The molecule has 1 aliphatic heterocycles. The van der Waals surface area contributed by atoms with Crippen LogP contribution in [0.15, 0.2) is 30.5 Å². The number of anilines is 1. The second-order valence-electron chi connectivity index (χ2n) is 5.24. The van der Waals surface area contributed by atoms with Crippen molar-refractivity contribution in [2.75, 3.05) is 18.4 Å². The van der Waals surface area contributed by atoms with Crippen LogP contribution in [0.3, 0.4) is 0 Å². The van der Waals surface area contributed by atoms with Gasteiger partial charge in [-0.05, 0) is 24.6 Å². The Hall–Kier alpha value is -2.56. The number of aromatic nitrogens is 2. The molecule has 1 saturated heterocycles. The molecule has 0 spiro atoms. The summed E-state index contributed by atoms with van der Waals surface area (Å²) in [4.78, 5) is 13.6. The number of rotatable bonds is 2. The normalized spacial score (nSPS) is 17.1. The van der Waals surface area contributed by atoms with Crippen molar-refractivity contribution in [3.63, 3.8) is 0 Å². The van der Waals surface area contributed by atoms with E-state index in [1.165, 1.54) is 4.68 Å². The van der Waals surface area contributed by atoms with E-state index < -0.39 is 6.10 Å². The fourth-order valence-corrected chi connectivity index (χ4v) is 2.67. The third-order valence-electron chi connectivity index (χ3n) is 3.60. The molecule has 1 aromatic carbocycles. The van der Waals surface area contributed by atoms with Gasteiger partial charge in [-0.1, -0.05) is 11.6 Å². The van der Waals surface area contributed by atoms with Crippen LogP contribution >= 0.6 is 11.6 Å². The number of aliphatic hydroxyl groups excluding tert-OH is 1. The maximum Gasteiger partial charge on any atom is 0.323 e. The smallest absolute Gasteiger partial charge is 0.323 e. The molecule has 0 unspecified atom stereocenters. The number of amides is 2. The van der Waals surface area contributed by atoms with Gasteiger partial charge in [-0.2, -0.15) is 5.26 Å². The molecular weight excluding hydrogens is 318 g/mol. The number of halogens is 1. The highest BCUT2D eigenvalue weighted by molar-refractivity contribution is 6.32. The van der Waals surface area contributed by atoms with Crippen molar-refractivity contribution in [2.45, 2.75) is 12.5 Å². The van der Waals surface area contributed by atoms with E-state index in [4.69, 9.17) is 16.9 Å². The average molecular weight is 332 g/mol. The average Bonchev–Trinajstić information content (AvgIpc) is 3.16. The maximum atomic E-state index is 12.0. The van der Waals surface area contributed by atoms with Crippen LogP contribution in [-0.4, -0.2) is 45.0 Å². The Kier molecular flexibility index (Phi) is 4.19. The summed E-state index contributed by atoms with van der Waals surface area (Å²) in [5.74, 6) is 0.386. The molecule has 0 aliphatic carbocycles. The van der Waals surface area contributed by atoms with Crippen LogP contribution in [0.1, 0.15) is 12.0 Å². The first-order valence-corrected chi connectivity index (χ1v) is 7.44. The van der Waals surface area contributed by atoms with Gasteiger partial charge in [0.1, 0.15) is 0 Å². The second-order valence-corrected chi connectivity index (χ2v) is 5.65. The Bertz CT molecular complexity index is 782. The van der Waals surface area contributed by atoms with E-state index in [1.807, 2.05) is 6.07 Å². The third kappa shape index (κ3) is 3.28. The van der Waals surface area contributed by atoms with Crippen LogP contribution in [0.5, 0.6) is 0 Å². The lowest BCUT2D eigenvalue weighted by atomic mass is 10.2. The number of likely N-dealkylation sites (tertiary alicyclic amines) is 1. The Morgan fingerprint density at radius 2 is 2.30 bits per heavy atom. The van der Waals surface area contributed by atoms with Crippen molar-refractivity contribution in [3.05, 3.63) is 41.0 Å². The van der Waals surface area contributed by atoms with Crippen LogP contribution < -0.4 is 5.32 Å². The van der Waals surface area contributed by atoms with E-state index in [0.717, 1.165) is 0 Å². The first-order valence-electron chi connectivity index (χ1n) is 7.06. The topological polar surface area (TPSA) is 94.2 Å². The predicted octanol–water partition coefficient (Wildman–Crippen LogP) is 2.00. The van der Waals surface area contributed by atoms with E-state index in [-0.39, 0.29) is 6.03 Å². The van der Waals surface area contributed by atoms with Gasteiger partial charge in [0.25, 0.3) is 0 Å². The maximum absolute atomic E-state index is 12.0. The molecule has 2 N–H and O–H groups in total. The molecular formula is C15H14ClN5O2. The van der Waals surface area contributed by atoms with Crippen molar-refractivity contribution < 1.29 is 9.90 Å². The summed E-state index contributed by atoms with van der Waals surface area (Å²) in [6, 6.07) is 8.27. The first-order chi connectivity index (χ1) is 11.1. The molecule has 8 heteroatoms. The van der Waals surface area contributed by atoms with Gasteiger partial charge in [-0.3, -0.25) is 5.32 Å². The standard InChI is InChI=1S/C15H14ClN5O2/c16-12-7-10(8-17)1-2-13(12)21-6-4-14(19-21)18-15(23)20-5-3-11(22)9-20/h1-2,4,6-7,11,22H,3,5,9H2,(H,18,19,23)/t11-/m0/s1. The monoisotopic (exact) mass is 331 g/mol. The van der Waals surface area contributed by atoms with Gasteiger partial charge in [-0.25, -0.2) is 9.48 Å². The second kappa shape index (κ2) is 6.28. The fraction of sp³-hybridized carbons (Fsp3) is 0.267. The van der Waals surface area contributed by atoms with E-state index in [2.05, 4.69) is 10.4 Å². The zero-order valence-electron chi connectivity index (χ0n) is 12.1. The highest BCUT2D eigenvalue weighted by Crippen LogP contribution is 2.22. The Balaban J connectivity index is 1.73. The minimum Gasteiger partial charge on any atom is -0.391 e. The molecule has 7 nitrogen and oxygen atoms in total. The number of carbonyl (C=O) groups excluding carboxylic acids is 1. The number of nitrogens with zero attached hydrogens (tertiary/aromatic N) is 4. The summed E-state index contributed by atoms with van der Waals surface area (Å²) in [6.07, 6.45) is 1.79. The van der Waals surface area contributed by atoms with E-state index in [1.54, 1.807) is 35.4 Å². The zero-order chi connectivity index (χ0) is 16.4. The van der Waals surface area contributed by atoms with Crippen molar-refractivity contribution >= 4 is 23.4 Å². The number of hydrogen-bond donors (Lipinski definition) is 2. The van der Waals surface area contributed by atoms with Gasteiger partial charge >= 0.3 is 6.03 Å². The Morgan fingerprint density at radius 1 is 1.48 bits per heavy atom. The fourth-order valence-electron chi connectivity index (χ4n) is 2.40. The molecule has 2 aromatic rings. The molecule has 0 radical (unpaired) electrons. The van der Waals surface area contributed by atoms with Gasteiger partial charge in [0.05, 0.1) is 28.4 Å². The minimum absolute atomic E-state index is 0.294.